The molecule has 0 saturated heterocycles. The van der Waals surface area contributed by atoms with Crippen LogP contribution in [0.1, 0.15) is 22.3 Å². The molecule has 0 aliphatic rings. The van der Waals surface area contributed by atoms with E-state index in [4.69, 9.17) is 10.00 Å². The Kier molecular flexibility index (Phi) is 5.62. The summed E-state index contributed by atoms with van der Waals surface area (Å²) < 4.78 is 19.1. The van der Waals surface area contributed by atoms with E-state index in [1.165, 1.54) is 12.1 Å². The standard InChI is InChI=1S/C23H15FN2O/c24-22-7-3-6-18(13-22)21(15-26)12-17-8-10-23(11-9-17)27-16-20-5-2-1-4-19(20)14-25/h1-13H,16H2. The number of hydrogen-bond donors (Lipinski definition) is 0. The van der Waals surface area contributed by atoms with E-state index < -0.39 is 0 Å². The molecule has 3 aromatic carbocycles. The van der Waals surface area contributed by atoms with Gasteiger partial charge in [-0.1, -0.05) is 42.5 Å². The predicted octanol–water partition coefficient (Wildman–Crippen LogP) is 5.34. The summed E-state index contributed by atoms with van der Waals surface area (Å²) in [6.45, 7) is 0.297. The minimum absolute atomic E-state index is 0.297. The van der Waals surface area contributed by atoms with Crippen molar-refractivity contribution in [1.82, 2.24) is 0 Å². The molecule has 0 aliphatic heterocycles. The van der Waals surface area contributed by atoms with Crippen LogP contribution in [0, 0.1) is 28.5 Å². The fourth-order valence-corrected chi connectivity index (χ4v) is 2.58. The molecule has 0 aliphatic carbocycles. The van der Waals surface area contributed by atoms with Gasteiger partial charge in [0.25, 0.3) is 0 Å². The van der Waals surface area contributed by atoms with Crippen molar-refractivity contribution < 1.29 is 9.13 Å². The third-order valence-electron chi connectivity index (χ3n) is 3.98. The SMILES string of the molecule is N#CC(=Cc1ccc(OCc2ccccc2C#N)cc1)c1cccc(F)c1. The summed E-state index contributed by atoms with van der Waals surface area (Å²) in [4.78, 5) is 0. The molecular weight excluding hydrogens is 339 g/mol. The lowest BCUT2D eigenvalue weighted by Gasteiger charge is -2.08. The molecule has 0 radical (unpaired) electrons. The van der Waals surface area contributed by atoms with E-state index in [0.29, 0.717) is 29.1 Å². The molecule has 0 heterocycles. The number of allylic oxidation sites excluding steroid dienone is 1. The Morgan fingerprint density at radius 3 is 2.44 bits per heavy atom. The van der Waals surface area contributed by atoms with Gasteiger partial charge in [0.15, 0.2) is 0 Å². The Morgan fingerprint density at radius 2 is 1.74 bits per heavy atom. The van der Waals surface area contributed by atoms with Crippen molar-refractivity contribution >= 4 is 11.6 Å². The van der Waals surface area contributed by atoms with Crippen LogP contribution in [0.4, 0.5) is 4.39 Å². The highest BCUT2D eigenvalue weighted by molar-refractivity contribution is 5.89. The van der Waals surface area contributed by atoms with Crippen molar-refractivity contribution in [2.45, 2.75) is 6.61 Å². The third-order valence-corrected chi connectivity index (χ3v) is 3.98. The van der Waals surface area contributed by atoms with Crippen LogP contribution >= 0.6 is 0 Å². The van der Waals surface area contributed by atoms with Crippen LogP contribution in [0.2, 0.25) is 0 Å². The number of rotatable bonds is 5. The Labute approximate surface area is 157 Å². The summed E-state index contributed by atoms with van der Waals surface area (Å²) in [6.07, 6.45) is 1.70. The van der Waals surface area contributed by atoms with Crippen molar-refractivity contribution in [1.29, 1.82) is 10.5 Å². The fourth-order valence-electron chi connectivity index (χ4n) is 2.58. The largest absolute Gasteiger partial charge is 0.489 e. The van der Waals surface area contributed by atoms with E-state index in [1.54, 1.807) is 36.4 Å². The van der Waals surface area contributed by atoms with Crippen molar-refractivity contribution in [3.8, 4) is 17.9 Å². The smallest absolute Gasteiger partial charge is 0.123 e. The number of ether oxygens (including phenoxy) is 1. The summed E-state index contributed by atoms with van der Waals surface area (Å²) >= 11 is 0. The molecule has 0 aromatic heterocycles. The molecule has 0 saturated carbocycles. The summed E-state index contributed by atoms with van der Waals surface area (Å²) in [5, 5.41) is 18.5. The molecule has 27 heavy (non-hydrogen) atoms. The molecule has 4 heteroatoms. The average molecular weight is 354 g/mol. The summed E-state index contributed by atoms with van der Waals surface area (Å²) in [5.74, 6) is 0.277. The molecule has 0 atom stereocenters. The monoisotopic (exact) mass is 354 g/mol. The lowest BCUT2D eigenvalue weighted by molar-refractivity contribution is 0.306. The number of halogens is 1. The summed E-state index contributed by atoms with van der Waals surface area (Å²) in [6, 6.07) is 24.7. The van der Waals surface area contributed by atoms with Gasteiger partial charge in [0.05, 0.1) is 23.3 Å². The van der Waals surface area contributed by atoms with Gasteiger partial charge in [0, 0.05) is 5.56 Å². The Hall–Kier alpha value is -3.89. The Morgan fingerprint density at radius 1 is 0.963 bits per heavy atom. The van der Waals surface area contributed by atoms with E-state index in [-0.39, 0.29) is 5.82 Å². The molecule has 0 bridgehead atoms. The number of benzene rings is 3. The maximum Gasteiger partial charge on any atom is 0.123 e. The first-order valence-electron chi connectivity index (χ1n) is 8.28. The van der Waals surface area contributed by atoms with Gasteiger partial charge in [-0.05, 0) is 47.5 Å². The first-order chi connectivity index (χ1) is 13.2. The molecule has 3 aromatic rings. The normalized spacial score (nSPS) is 10.7. The van der Waals surface area contributed by atoms with Gasteiger partial charge in [0.2, 0.25) is 0 Å². The summed E-state index contributed by atoms with van der Waals surface area (Å²) in [7, 11) is 0. The molecule has 0 N–H and O–H groups in total. The highest BCUT2D eigenvalue weighted by Gasteiger charge is 2.04. The first kappa shape index (κ1) is 17.9. The minimum Gasteiger partial charge on any atom is -0.489 e. The first-order valence-corrected chi connectivity index (χ1v) is 8.28. The highest BCUT2D eigenvalue weighted by atomic mass is 19.1. The summed E-state index contributed by atoms with van der Waals surface area (Å²) in [5.41, 5.74) is 3.13. The molecule has 0 fully saturated rings. The van der Waals surface area contributed by atoms with E-state index >= 15 is 0 Å². The molecule has 0 spiro atoms. The molecular formula is C23H15FN2O. The lowest BCUT2D eigenvalue weighted by atomic mass is 10.0. The topological polar surface area (TPSA) is 56.8 Å². The van der Waals surface area contributed by atoms with Crippen LogP contribution in [0.3, 0.4) is 0 Å². The molecule has 3 rings (SSSR count). The zero-order valence-electron chi connectivity index (χ0n) is 14.4. The second-order valence-corrected chi connectivity index (χ2v) is 5.81. The molecule has 0 unspecified atom stereocenters. The molecule has 0 amide bonds. The van der Waals surface area contributed by atoms with Crippen molar-refractivity contribution in [2.75, 3.05) is 0 Å². The third kappa shape index (κ3) is 4.60. The van der Waals surface area contributed by atoms with Gasteiger partial charge < -0.3 is 4.74 Å². The Balaban J connectivity index is 1.73. The van der Waals surface area contributed by atoms with Gasteiger partial charge in [-0.2, -0.15) is 10.5 Å². The van der Waals surface area contributed by atoms with E-state index in [0.717, 1.165) is 11.1 Å². The number of nitriles is 2. The van der Waals surface area contributed by atoms with Crippen LogP contribution in [0.5, 0.6) is 5.75 Å². The fraction of sp³-hybridized carbons (Fsp3) is 0.0435. The lowest BCUT2D eigenvalue weighted by Crippen LogP contribution is -1.98. The quantitative estimate of drug-likeness (QED) is 0.459. The van der Waals surface area contributed by atoms with Gasteiger partial charge >= 0.3 is 0 Å². The van der Waals surface area contributed by atoms with Crippen LogP contribution < -0.4 is 4.74 Å². The molecule has 3 nitrogen and oxygen atoms in total. The van der Waals surface area contributed by atoms with E-state index in [9.17, 15) is 9.65 Å². The molecule has 130 valence electrons. The zero-order chi connectivity index (χ0) is 19.1. The van der Waals surface area contributed by atoms with Crippen LogP contribution in [-0.4, -0.2) is 0 Å². The highest BCUT2D eigenvalue weighted by Crippen LogP contribution is 2.21. The zero-order valence-corrected chi connectivity index (χ0v) is 14.4. The van der Waals surface area contributed by atoms with Crippen LogP contribution in [-0.2, 0) is 6.61 Å². The van der Waals surface area contributed by atoms with Gasteiger partial charge in [0.1, 0.15) is 18.2 Å². The maximum absolute atomic E-state index is 13.4. The minimum atomic E-state index is -0.380. The van der Waals surface area contributed by atoms with E-state index in [2.05, 4.69) is 12.1 Å². The second-order valence-electron chi connectivity index (χ2n) is 5.81. The van der Waals surface area contributed by atoms with Gasteiger partial charge in [-0.15, -0.1) is 0 Å². The van der Waals surface area contributed by atoms with Gasteiger partial charge in [-0.25, -0.2) is 4.39 Å². The predicted molar refractivity (Wildman–Crippen MR) is 102 cm³/mol. The van der Waals surface area contributed by atoms with Crippen molar-refractivity contribution in [2.24, 2.45) is 0 Å². The van der Waals surface area contributed by atoms with Crippen molar-refractivity contribution in [3.05, 3.63) is 101 Å². The van der Waals surface area contributed by atoms with E-state index in [1.807, 2.05) is 30.3 Å². The second kappa shape index (κ2) is 8.47. The number of hydrogen-bond acceptors (Lipinski definition) is 3. The van der Waals surface area contributed by atoms with Crippen LogP contribution in [0.25, 0.3) is 11.6 Å². The average Bonchev–Trinajstić information content (AvgIpc) is 2.71. The van der Waals surface area contributed by atoms with Gasteiger partial charge in [-0.3, -0.25) is 0 Å². The number of nitrogens with zero attached hydrogens (tertiary/aromatic N) is 2. The Bertz CT molecular complexity index is 1060. The maximum atomic E-state index is 13.4. The van der Waals surface area contributed by atoms with Crippen LogP contribution in [0.15, 0.2) is 72.8 Å². The van der Waals surface area contributed by atoms with Crippen molar-refractivity contribution in [3.63, 3.8) is 0 Å².